The van der Waals surface area contributed by atoms with E-state index in [9.17, 15) is 4.79 Å². The Labute approximate surface area is 115 Å². The van der Waals surface area contributed by atoms with E-state index in [0.717, 1.165) is 22.1 Å². The Morgan fingerprint density at radius 1 is 1.00 bits per heavy atom. The van der Waals surface area contributed by atoms with Crippen LogP contribution in [-0.2, 0) is 0 Å². The van der Waals surface area contributed by atoms with Gasteiger partial charge in [-0.2, -0.15) is 0 Å². The summed E-state index contributed by atoms with van der Waals surface area (Å²) in [5, 5.41) is 1.64. The molecule has 0 aliphatic rings. The standard InChI is InChI=1S/C16H11ClO2/c1-10(18)16-9-13-8-12(4-7-15(13)19-16)11-2-5-14(17)6-3-11/h2-9H,1H3. The molecule has 3 rings (SSSR count). The van der Waals surface area contributed by atoms with Crippen LogP contribution in [0, 0.1) is 0 Å². The molecule has 0 bridgehead atoms. The third kappa shape index (κ3) is 2.27. The van der Waals surface area contributed by atoms with Crippen molar-refractivity contribution in [1.29, 1.82) is 0 Å². The van der Waals surface area contributed by atoms with Crippen LogP contribution < -0.4 is 0 Å². The van der Waals surface area contributed by atoms with Crippen LogP contribution in [0.3, 0.4) is 0 Å². The van der Waals surface area contributed by atoms with Crippen LogP contribution in [0.25, 0.3) is 22.1 Å². The van der Waals surface area contributed by atoms with Gasteiger partial charge in [0.2, 0.25) is 0 Å². The molecule has 0 spiro atoms. The molecule has 0 aliphatic carbocycles. The zero-order valence-corrected chi connectivity index (χ0v) is 11.1. The van der Waals surface area contributed by atoms with Gasteiger partial charge < -0.3 is 4.42 Å². The van der Waals surface area contributed by atoms with Crippen LogP contribution in [0.4, 0.5) is 0 Å². The van der Waals surface area contributed by atoms with E-state index >= 15 is 0 Å². The summed E-state index contributed by atoms with van der Waals surface area (Å²) >= 11 is 5.88. The van der Waals surface area contributed by atoms with Gasteiger partial charge in [0.05, 0.1) is 0 Å². The summed E-state index contributed by atoms with van der Waals surface area (Å²) in [6.45, 7) is 1.50. The Balaban J connectivity index is 2.10. The molecule has 94 valence electrons. The minimum atomic E-state index is -0.0655. The van der Waals surface area contributed by atoms with Crippen molar-refractivity contribution < 1.29 is 9.21 Å². The fraction of sp³-hybridized carbons (Fsp3) is 0.0625. The molecule has 1 heterocycles. The molecule has 0 amide bonds. The van der Waals surface area contributed by atoms with Gasteiger partial charge in [-0.3, -0.25) is 4.79 Å². The predicted octanol–water partition coefficient (Wildman–Crippen LogP) is 4.96. The topological polar surface area (TPSA) is 30.2 Å². The number of rotatable bonds is 2. The van der Waals surface area contributed by atoms with Crippen molar-refractivity contribution in [3.8, 4) is 11.1 Å². The lowest BCUT2D eigenvalue weighted by molar-refractivity contribution is 0.0989. The highest BCUT2D eigenvalue weighted by Gasteiger charge is 2.08. The van der Waals surface area contributed by atoms with Crippen molar-refractivity contribution in [1.82, 2.24) is 0 Å². The van der Waals surface area contributed by atoms with E-state index < -0.39 is 0 Å². The Kier molecular flexibility index (Phi) is 2.88. The number of fused-ring (bicyclic) bond motifs is 1. The van der Waals surface area contributed by atoms with Gasteiger partial charge in [0.15, 0.2) is 11.5 Å². The first-order valence-electron chi connectivity index (χ1n) is 5.94. The fourth-order valence-electron chi connectivity index (χ4n) is 2.04. The maximum absolute atomic E-state index is 11.3. The number of Topliss-reactive ketones (excluding diaryl/α,β-unsaturated/α-hetero) is 1. The van der Waals surface area contributed by atoms with Crippen LogP contribution >= 0.6 is 11.6 Å². The van der Waals surface area contributed by atoms with E-state index in [1.54, 1.807) is 6.07 Å². The van der Waals surface area contributed by atoms with Crippen molar-refractivity contribution in [3.05, 3.63) is 59.3 Å². The monoisotopic (exact) mass is 270 g/mol. The van der Waals surface area contributed by atoms with Gasteiger partial charge in [0.1, 0.15) is 5.58 Å². The molecule has 0 saturated carbocycles. The highest BCUT2D eigenvalue weighted by atomic mass is 35.5. The molecule has 3 heteroatoms. The summed E-state index contributed by atoms with van der Waals surface area (Å²) in [7, 11) is 0. The number of halogens is 1. The second-order valence-electron chi connectivity index (χ2n) is 4.43. The van der Waals surface area contributed by atoms with Gasteiger partial charge in [-0.25, -0.2) is 0 Å². The van der Waals surface area contributed by atoms with Crippen LogP contribution in [0.15, 0.2) is 52.9 Å². The quantitative estimate of drug-likeness (QED) is 0.616. The summed E-state index contributed by atoms with van der Waals surface area (Å²) in [5.74, 6) is 0.326. The van der Waals surface area contributed by atoms with Crippen LogP contribution in [-0.4, -0.2) is 5.78 Å². The fourth-order valence-corrected chi connectivity index (χ4v) is 2.16. The normalized spacial score (nSPS) is 10.8. The minimum Gasteiger partial charge on any atom is -0.453 e. The number of carbonyl (C=O) groups is 1. The Hall–Kier alpha value is -2.06. The Bertz CT molecular complexity index is 754. The van der Waals surface area contributed by atoms with Crippen molar-refractivity contribution in [3.63, 3.8) is 0 Å². The van der Waals surface area contributed by atoms with E-state index in [1.165, 1.54) is 6.92 Å². The van der Waals surface area contributed by atoms with E-state index in [0.29, 0.717) is 10.8 Å². The molecular weight excluding hydrogens is 260 g/mol. The average Bonchev–Trinajstić information content (AvgIpc) is 2.82. The summed E-state index contributed by atoms with van der Waals surface area (Å²) < 4.78 is 5.47. The zero-order valence-electron chi connectivity index (χ0n) is 10.3. The number of carbonyl (C=O) groups excluding carboxylic acids is 1. The van der Waals surface area contributed by atoms with Crippen LogP contribution in [0.1, 0.15) is 17.5 Å². The van der Waals surface area contributed by atoms with E-state index in [1.807, 2.05) is 42.5 Å². The van der Waals surface area contributed by atoms with Crippen molar-refractivity contribution in [2.24, 2.45) is 0 Å². The molecule has 2 aromatic carbocycles. The van der Waals surface area contributed by atoms with Gasteiger partial charge in [-0.15, -0.1) is 0 Å². The first-order valence-corrected chi connectivity index (χ1v) is 6.32. The van der Waals surface area contributed by atoms with Crippen LogP contribution in [0.2, 0.25) is 5.02 Å². The zero-order chi connectivity index (χ0) is 13.4. The summed E-state index contributed by atoms with van der Waals surface area (Å²) in [5.41, 5.74) is 2.87. The molecule has 1 aromatic heterocycles. The third-order valence-corrected chi connectivity index (χ3v) is 3.29. The molecule has 0 atom stereocenters. The van der Waals surface area contributed by atoms with Gasteiger partial charge >= 0.3 is 0 Å². The number of ketones is 1. The molecule has 3 aromatic rings. The summed E-state index contributed by atoms with van der Waals surface area (Å²) in [6, 6.07) is 15.3. The number of furan rings is 1. The van der Waals surface area contributed by atoms with Crippen molar-refractivity contribution in [2.45, 2.75) is 6.92 Å². The van der Waals surface area contributed by atoms with E-state index in [-0.39, 0.29) is 5.78 Å². The first-order chi connectivity index (χ1) is 9.13. The van der Waals surface area contributed by atoms with Crippen molar-refractivity contribution >= 4 is 28.4 Å². The average molecular weight is 271 g/mol. The largest absolute Gasteiger partial charge is 0.453 e. The Morgan fingerprint density at radius 2 is 1.68 bits per heavy atom. The van der Waals surface area contributed by atoms with Gasteiger partial charge in [-0.1, -0.05) is 29.8 Å². The van der Waals surface area contributed by atoms with E-state index in [2.05, 4.69) is 0 Å². The molecule has 0 aliphatic heterocycles. The minimum absolute atomic E-state index is 0.0655. The number of benzene rings is 2. The molecule has 0 N–H and O–H groups in total. The lowest BCUT2D eigenvalue weighted by Gasteiger charge is -2.01. The third-order valence-electron chi connectivity index (χ3n) is 3.04. The lowest BCUT2D eigenvalue weighted by Crippen LogP contribution is -1.85. The molecule has 2 nitrogen and oxygen atoms in total. The van der Waals surface area contributed by atoms with Gasteiger partial charge in [0, 0.05) is 17.3 Å². The first kappa shape index (κ1) is 12.0. The lowest BCUT2D eigenvalue weighted by atomic mass is 10.0. The molecule has 0 radical (unpaired) electrons. The molecular formula is C16H11ClO2. The van der Waals surface area contributed by atoms with Crippen LogP contribution in [0.5, 0.6) is 0 Å². The number of hydrogen-bond acceptors (Lipinski definition) is 2. The molecule has 0 fully saturated rings. The van der Waals surface area contributed by atoms with Gasteiger partial charge in [-0.05, 0) is 41.5 Å². The maximum Gasteiger partial charge on any atom is 0.194 e. The second kappa shape index (κ2) is 4.56. The summed E-state index contributed by atoms with van der Waals surface area (Å²) in [6.07, 6.45) is 0. The Morgan fingerprint density at radius 3 is 2.37 bits per heavy atom. The highest BCUT2D eigenvalue weighted by Crippen LogP contribution is 2.27. The predicted molar refractivity (Wildman–Crippen MR) is 76.7 cm³/mol. The molecule has 0 saturated heterocycles. The smallest absolute Gasteiger partial charge is 0.194 e. The molecule has 19 heavy (non-hydrogen) atoms. The SMILES string of the molecule is CC(=O)c1cc2cc(-c3ccc(Cl)cc3)ccc2o1. The summed E-state index contributed by atoms with van der Waals surface area (Å²) in [4.78, 5) is 11.3. The highest BCUT2D eigenvalue weighted by molar-refractivity contribution is 6.30. The second-order valence-corrected chi connectivity index (χ2v) is 4.86. The molecule has 0 unspecified atom stereocenters. The van der Waals surface area contributed by atoms with E-state index in [4.69, 9.17) is 16.0 Å². The number of hydrogen-bond donors (Lipinski definition) is 0. The maximum atomic E-state index is 11.3. The van der Waals surface area contributed by atoms with Gasteiger partial charge in [0.25, 0.3) is 0 Å². The van der Waals surface area contributed by atoms with Crippen molar-refractivity contribution in [2.75, 3.05) is 0 Å².